The Morgan fingerprint density at radius 3 is 2.46 bits per heavy atom. The van der Waals surface area contributed by atoms with Crippen molar-refractivity contribution in [2.45, 2.75) is 80.2 Å². The van der Waals surface area contributed by atoms with Gasteiger partial charge in [0.15, 0.2) is 0 Å². The van der Waals surface area contributed by atoms with Gasteiger partial charge in [-0.05, 0) is 67.5 Å². The number of halogens is 1. The highest BCUT2D eigenvalue weighted by Crippen LogP contribution is 2.60. The van der Waals surface area contributed by atoms with Crippen LogP contribution in [0.5, 0.6) is 0 Å². The highest BCUT2D eigenvalue weighted by molar-refractivity contribution is 9.09. The second-order valence-corrected chi connectivity index (χ2v) is 15.8. The van der Waals surface area contributed by atoms with Gasteiger partial charge >= 0.3 is 5.97 Å². The zero-order valence-electron chi connectivity index (χ0n) is 31.0. The Hall–Kier alpha value is -4.32. The summed E-state index contributed by atoms with van der Waals surface area (Å²) in [5, 5.41) is 11.5. The van der Waals surface area contributed by atoms with Gasteiger partial charge in [0.05, 0.1) is 24.0 Å². The molecule has 0 saturated carbocycles. The first-order valence-electron chi connectivity index (χ1n) is 18.8. The molecule has 6 rings (SSSR count). The summed E-state index contributed by atoms with van der Waals surface area (Å²) in [6.07, 6.45) is 4.73. The van der Waals surface area contributed by atoms with Crippen LogP contribution in [0.2, 0.25) is 0 Å². The van der Waals surface area contributed by atoms with Crippen LogP contribution in [0.1, 0.15) is 57.1 Å². The van der Waals surface area contributed by atoms with Crippen molar-refractivity contribution in [1.82, 2.24) is 9.80 Å². The van der Waals surface area contributed by atoms with Gasteiger partial charge in [0, 0.05) is 43.7 Å². The topological polar surface area (TPSA) is 117 Å². The fourth-order valence-corrected chi connectivity index (χ4v) is 9.50. The summed E-state index contributed by atoms with van der Waals surface area (Å²) in [7, 11) is 1.69. The minimum Gasteiger partial charge on any atom is -0.455 e. The highest BCUT2D eigenvalue weighted by Gasteiger charge is 2.77. The number of nitrogens with zero attached hydrogens (tertiary/aromatic N) is 3. The molecular weight excluding hydrogens is 750 g/mol. The summed E-state index contributed by atoms with van der Waals surface area (Å²) in [5.74, 6) is -3.31. The molecule has 11 heteroatoms. The maximum Gasteiger partial charge on any atom is 0.313 e. The SMILES string of the molecule is C=CCCC(=O)N(C)[C@@H](C)[C@@H](OC(=O)[C@H]1[C@@H]2O[C@@]3(CC2Br)[C@@H]1C(=O)N(CCCCCO)[C@@H]3C(=O)N(CC=C)c1ccc2ccccc2c1)c1ccccc1. The summed E-state index contributed by atoms with van der Waals surface area (Å²) in [6, 6.07) is 21.4. The first kappa shape index (κ1) is 39.4. The minimum absolute atomic E-state index is 0.0258. The number of unbranched alkanes of at least 4 members (excludes halogenated alkanes) is 2. The molecule has 3 heterocycles. The van der Waals surface area contributed by atoms with E-state index in [0.717, 1.165) is 10.8 Å². The molecule has 3 aromatic carbocycles. The van der Waals surface area contributed by atoms with Gasteiger partial charge in [-0.25, -0.2) is 0 Å². The smallest absolute Gasteiger partial charge is 0.313 e. The number of aliphatic hydroxyl groups is 1. The number of esters is 1. The van der Waals surface area contributed by atoms with Crippen LogP contribution in [-0.2, 0) is 28.7 Å². The van der Waals surface area contributed by atoms with E-state index >= 15 is 4.79 Å². The summed E-state index contributed by atoms with van der Waals surface area (Å²) in [6.45, 7) is 9.99. The van der Waals surface area contributed by atoms with Crippen LogP contribution in [0.25, 0.3) is 10.8 Å². The molecule has 0 aromatic heterocycles. The van der Waals surface area contributed by atoms with Gasteiger partial charge in [-0.15, -0.1) is 13.2 Å². The van der Waals surface area contributed by atoms with Crippen LogP contribution in [0.4, 0.5) is 5.69 Å². The monoisotopic (exact) mass is 799 g/mol. The Morgan fingerprint density at radius 2 is 1.76 bits per heavy atom. The van der Waals surface area contributed by atoms with E-state index in [-0.39, 0.29) is 48.7 Å². The number of aliphatic hydroxyl groups excluding tert-OH is 1. The van der Waals surface area contributed by atoms with E-state index in [0.29, 0.717) is 43.4 Å². The number of likely N-dealkylation sites (tertiary alicyclic amines) is 1. The van der Waals surface area contributed by atoms with Crippen molar-refractivity contribution in [3.05, 3.63) is 104 Å². The van der Waals surface area contributed by atoms with Crippen LogP contribution in [0.3, 0.4) is 0 Å². The number of ether oxygens (including phenoxy) is 2. The molecule has 286 valence electrons. The number of allylic oxidation sites excluding steroid dienone is 1. The van der Waals surface area contributed by atoms with Crippen molar-refractivity contribution in [2.75, 3.05) is 31.6 Å². The Labute approximate surface area is 325 Å². The van der Waals surface area contributed by atoms with E-state index in [2.05, 4.69) is 29.1 Å². The van der Waals surface area contributed by atoms with Crippen molar-refractivity contribution in [2.24, 2.45) is 11.8 Å². The predicted octanol–water partition coefficient (Wildman–Crippen LogP) is 6.37. The van der Waals surface area contributed by atoms with E-state index in [1.807, 2.05) is 79.7 Å². The number of likely N-dealkylation sites (N-methyl/N-ethyl adjacent to an activating group) is 1. The van der Waals surface area contributed by atoms with E-state index < -0.39 is 47.7 Å². The minimum atomic E-state index is -1.30. The van der Waals surface area contributed by atoms with Gasteiger partial charge in [0.2, 0.25) is 11.8 Å². The molecule has 0 aliphatic carbocycles. The van der Waals surface area contributed by atoms with Gasteiger partial charge in [-0.1, -0.05) is 88.7 Å². The van der Waals surface area contributed by atoms with E-state index in [4.69, 9.17) is 9.47 Å². The summed E-state index contributed by atoms with van der Waals surface area (Å²) in [5.41, 5.74) is 0.0778. The molecule has 2 bridgehead atoms. The van der Waals surface area contributed by atoms with Crippen molar-refractivity contribution in [3.8, 4) is 0 Å². The highest BCUT2D eigenvalue weighted by atomic mass is 79.9. The largest absolute Gasteiger partial charge is 0.455 e. The molecule has 0 radical (unpaired) electrons. The first-order chi connectivity index (χ1) is 26.1. The standard InChI is InChI=1S/C43H50BrN3O7/c1-5-7-20-34(49)45(4)28(3)37(30-17-10-8-11-18-30)53-42(52)35-36-40(50)47(24-14-9-15-25-48)39(43(36)27-33(44)38(35)54-43)41(51)46(23-6-2)32-22-21-29-16-12-13-19-31(29)26-32/h5-6,8,10-13,16-19,21-22,26,28,33,35-39,48H,1-2,7,9,14-15,20,23-25,27H2,3-4H3/t28-,33?,35+,36-,37+,38+,39+,43-/m0/s1. The molecule has 3 aromatic rings. The molecule has 54 heavy (non-hydrogen) atoms. The predicted molar refractivity (Wildman–Crippen MR) is 212 cm³/mol. The molecule has 3 saturated heterocycles. The number of anilines is 1. The van der Waals surface area contributed by atoms with Crippen LogP contribution in [0.15, 0.2) is 98.1 Å². The zero-order chi connectivity index (χ0) is 38.6. The molecule has 1 N–H and O–H groups in total. The van der Waals surface area contributed by atoms with E-state index in [1.165, 1.54) is 0 Å². The third-order valence-corrected chi connectivity index (χ3v) is 12.2. The number of carbonyl (C=O) groups is 4. The lowest BCUT2D eigenvalue weighted by Crippen LogP contribution is -2.57. The maximum absolute atomic E-state index is 15.1. The third kappa shape index (κ3) is 7.38. The number of hydrogen-bond donors (Lipinski definition) is 1. The Balaban J connectivity index is 1.36. The molecule has 3 aliphatic rings. The average molecular weight is 801 g/mol. The van der Waals surface area contributed by atoms with Gasteiger partial charge in [0.25, 0.3) is 5.91 Å². The number of fused-ring (bicyclic) bond motifs is 2. The zero-order valence-corrected chi connectivity index (χ0v) is 32.6. The number of alkyl halides is 1. The van der Waals surface area contributed by atoms with E-state index in [9.17, 15) is 19.5 Å². The van der Waals surface area contributed by atoms with Crippen molar-refractivity contribution in [1.29, 1.82) is 0 Å². The summed E-state index contributed by atoms with van der Waals surface area (Å²) >= 11 is 3.78. The third-order valence-electron chi connectivity index (χ3n) is 11.4. The van der Waals surface area contributed by atoms with Gasteiger partial charge < -0.3 is 29.3 Å². The van der Waals surface area contributed by atoms with Crippen LogP contribution in [0, 0.1) is 11.8 Å². The Bertz CT molecular complexity index is 1870. The molecule has 3 aliphatic heterocycles. The molecule has 1 spiro atoms. The number of benzene rings is 3. The number of rotatable bonds is 17. The quantitative estimate of drug-likeness (QED) is 0.0731. The normalized spacial score (nSPS) is 25.2. The molecular formula is C43H50BrN3O7. The van der Waals surface area contributed by atoms with Crippen molar-refractivity contribution >= 4 is 56.1 Å². The number of carbonyl (C=O) groups excluding carboxylic acids is 4. The Morgan fingerprint density at radius 1 is 1.04 bits per heavy atom. The first-order valence-corrected chi connectivity index (χ1v) is 19.8. The van der Waals surface area contributed by atoms with E-state index in [1.54, 1.807) is 33.9 Å². The molecule has 8 atom stereocenters. The summed E-state index contributed by atoms with van der Waals surface area (Å²) < 4.78 is 13.2. The lowest BCUT2D eigenvalue weighted by Gasteiger charge is -2.37. The molecule has 1 unspecified atom stereocenters. The van der Waals surface area contributed by atoms with Crippen LogP contribution >= 0.6 is 15.9 Å². The van der Waals surface area contributed by atoms with Gasteiger partial charge in [-0.3, -0.25) is 19.2 Å². The average Bonchev–Trinajstić information content (AvgIpc) is 3.78. The number of amides is 3. The molecule has 10 nitrogen and oxygen atoms in total. The molecule has 3 amide bonds. The second-order valence-electron chi connectivity index (χ2n) is 14.6. The molecule has 3 fully saturated rings. The lowest BCUT2D eigenvalue weighted by atomic mass is 9.70. The van der Waals surface area contributed by atoms with Gasteiger partial charge in [0.1, 0.15) is 17.7 Å². The lowest BCUT2D eigenvalue weighted by molar-refractivity contribution is -0.164. The fraction of sp³-hybridized carbons (Fsp3) is 0.442. The van der Waals surface area contributed by atoms with Crippen LogP contribution < -0.4 is 4.90 Å². The fourth-order valence-electron chi connectivity index (χ4n) is 8.56. The summed E-state index contributed by atoms with van der Waals surface area (Å²) in [4.78, 5) is 62.1. The van der Waals surface area contributed by atoms with Crippen molar-refractivity contribution < 1.29 is 33.8 Å². The number of hydrogen-bond acceptors (Lipinski definition) is 7. The van der Waals surface area contributed by atoms with Crippen LogP contribution in [-0.4, -0.2) is 94.0 Å². The van der Waals surface area contributed by atoms with Gasteiger partial charge in [-0.2, -0.15) is 0 Å². The second kappa shape index (κ2) is 17.0. The Kier molecular flexibility index (Phi) is 12.4. The maximum atomic E-state index is 15.1. The van der Waals surface area contributed by atoms with Crippen molar-refractivity contribution in [3.63, 3.8) is 0 Å².